The van der Waals surface area contributed by atoms with Crippen molar-refractivity contribution in [1.29, 1.82) is 0 Å². The Morgan fingerprint density at radius 1 is 1.11 bits per heavy atom. The number of hydrogen-bond acceptors (Lipinski definition) is 3. The third-order valence-electron chi connectivity index (χ3n) is 2.94. The van der Waals surface area contributed by atoms with E-state index in [9.17, 15) is 0 Å². The van der Waals surface area contributed by atoms with Gasteiger partial charge in [0.25, 0.3) is 0 Å². The third-order valence-corrected chi connectivity index (χ3v) is 2.94. The summed E-state index contributed by atoms with van der Waals surface area (Å²) in [6.07, 6.45) is 1.80. The molecule has 1 heterocycles. The monoisotopic (exact) mass is 239 g/mol. The van der Waals surface area contributed by atoms with Crippen LogP contribution in [0.1, 0.15) is 0 Å². The summed E-state index contributed by atoms with van der Waals surface area (Å²) >= 11 is 0. The van der Waals surface area contributed by atoms with E-state index in [0.717, 1.165) is 22.3 Å². The predicted octanol–water partition coefficient (Wildman–Crippen LogP) is 2.62. The Balaban J connectivity index is 2.32. The molecule has 2 N–H and O–H groups in total. The van der Waals surface area contributed by atoms with Gasteiger partial charge in [0.05, 0.1) is 24.5 Å². The lowest BCUT2D eigenvalue weighted by Gasteiger charge is -2.09. The summed E-state index contributed by atoms with van der Waals surface area (Å²) < 4.78 is 7.17. The minimum Gasteiger partial charge on any atom is -0.494 e. The van der Waals surface area contributed by atoms with E-state index in [-0.39, 0.29) is 0 Å². The van der Waals surface area contributed by atoms with Gasteiger partial charge in [-0.25, -0.2) is 4.68 Å². The molecule has 3 rings (SSSR count). The zero-order chi connectivity index (χ0) is 12.5. The van der Waals surface area contributed by atoms with Crippen molar-refractivity contribution in [1.82, 2.24) is 9.78 Å². The molecule has 0 aliphatic heterocycles. The Morgan fingerprint density at radius 2 is 1.94 bits per heavy atom. The second-order valence-electron chi connectivity index (χ2n) is 4.01. The van der Waals surface area contributed by atoms with E-state index in [4.69, 9.17) is 10.5 Å². The number of nitrogen functional groups attached to an aromatic ring is 1. The van der Waals surface area contributed by atoms with Crippen LogP contribution in [0.3, 0.4) is 0 Å². The van der Waals surface area contributed by atoms with Gasteiger partial charge in [-0.05, 0) is 18.2 Å². The Hall–Kier alpha value is -2.49. The minimum absolute atomic E-state index is 0.705. The minimum atomic E-state index is 0.705. The van der Waals surface area contributed by atoms with Crippen molar-refractivity contribution in [2.75, 3.05) is 12.8 Å². The van der Waals surface area contributed by atoms with Gasteiger partial charge >= 0.3 is 0 Å². The molecule has 0 amide bonds. The molecule has 0 aliphatic carbocycles. The number of anilines is 1. The Morgan fingerprint density at radius 3 is 2.78 bits per heavy atom. The first-order chi connectivity index (χ1) is 8.81. The maximum atomic E-state index is 6.03. The molecule has 4 heteroatoms. The molecule has 4 nitrogen and oxygen atoms in total. The van der Waals surface area contributed by atoms with E-state index in [2.05, 4.69) is 5.10 Å². The van der Waals surface area contributed by atoms with Gasteiger partial charge < -0.3 is 10.5 Å². The SMILES string of the molecule is COc1ccccc1-n1ncc2cccc(N)c21. The number of benzene rings is 2. The molecule has 0 unspecified atom stereocenters. The third kappa shape index (κ3) is 1.50. The Bertz CT molecular complexity index is 703. The lowest BCUT2D eigenvalue weighted by Crippen LogP contribution is -2.01. The molecule has 90 valence electrons. The molecular formula is C14H13N3O. The maximum Gasteiger partial charge on any atom is 0.144 e. The van der Waals surface area contributed by atoms with Crippen LogP contribution in [0.25, 0.3) is 16.6 Å². The number of ether oxygens (including phenoxy) is 1. The molecule has 1 aromatic heterocycles. The van der Waals surface area contributed by atoms with Crippen LogP contribution in [0.15, 0.2) is 48.7 Å². The zero-order valence-corrected chi connectivity index (χ0v) is 10.00. The Kier molecular flexibility index (Phi) is 2.41. The van der Waals surface area contributed by atoms with E-state index in [1.807, 2.05) is 47.1 Å². The highest BCUT2D eigenvalue weighted by molar-refractivity contribution is 5.90. The first kappa shape index (κ1) is 10.7. The summed E-state index contributed by atoms with van der Waals surface area (Å²) in [7, 11) is 1.65. The van der Waals surface area contributed by atoms with Crippen LogP contribution < -0.4 is 10.5 Å². The summed E-state index contributed by atoms with van der Waals surface area (Å²) in [6, 6.07) is 13.5. The lowest BCUT2D eigenvalue weighted by atomic mass is 10.2. The first-order valence-electron chi connectivity index (χ1n) is 5.67. The van der Waals surface area contributed by atoms with Crippen LogP contribution in [0.4, 0.5) is 5.69 Å². The van der Waals surface area contributed by atoms with E-state index in [1.165, 1.54) is 0 Å². The van der Waals surface area contributed by atoms with Crippen LogP contribution in [0.2, 0.25) is 0 Å². The smallest absolute Gasteiger partial charge is 0.144 e. The topological polar surface area (TPSA) is 53.1 Å². The molecule has 0 saturated heterocycles. The molecule has 0 aliphatic rings. The molecular weight excluding hydrogens is 226 g/mol. The van der Waals surface area contributed by atoms with Crippen LogP contribution in [0.5, 0.6) is 5.75 Å². The second-order valence-corrected chi connectivity index (χ2v) is 4.01. The van der Waals surface area contributed by atoms with E-state index in [0.29, 0.717) is 5.69 Å². The van der Waals surface area contributed by atoms with Crippen molar-refractivity contribution in [3.63, 3.8) is 0 Å². The van der Waals surface area contributed by atoms with Crippen molar-refractivity contribution in [3.05, 3.63) is 48.7 Å². The largest absolute Gasteiger partial charge is 0.494 e. The van der Waals surface area contributed by atoms with Crippen molar-refractivity contribution in [2.45, 2.75) is 0 Å². The van der Waals surface area contributed by atoms with E-state index in [1.54, 1.807) is 13.3 Å². The molecule has 0 radical (unpaired) electrons. The van der Waals surface area contributed by atoms with Gasteiger partial charge in [-0.2, -0.15) is 5.10 Å². The summed E-state index contributed by atoms with van der Waals surface area (Å²) in [4.78, 5) is 0. The number of nitrogens with two attached hydrogens (primary N) is 1. The molecule has 0 atom stereocenters. The van der Waals surface area contributed by atoms with Crippen molar-refractivity contribution in [3.8, 4) is 11.4 Å². The second kappa shape index (κ2) is 4.07. The fourth-order valence-corrected chi connectivity index (χ4v) is 2.09. The fourth-order valence-electron chi connectivity index (χ4n) is 2.09. The van der Waals surface area contributed by atoms with Crippen LogP contribution >= 0.6 is 0 Å². The van der Waals surface area contributed by atoms with Crippen LogP contribution in [-0.4, -0.2) is 16.9 Å². The van der Waals surface area contributed by atoms with E-state index < -0.39 is 0 Å². The van der Waals surface area contributed by atoms with Gasteiger partial charge in [0.1, 0.15) is 11.4 Å². The highest BCUT2D eigenvalue weighted by Crippen LogP contribution is 2.28. The lowest BCUT2D eigenvalue weighted by molar-refractivity contribution is 0.412. The van der Waals surface area contributed by atoms with Gasteiger partial charge in [-0.3, -0.25) is 0 Å². The number of methoxy groups -OCH3 is 1. The standard InChI is InChI=1S/C14H13N3O/c1-18-13-8-3-2-7-12(13)17-14-10(9-16-17)5-4-6-11(14)15/h2-9H,15H2,1H3. The molecule has 0 fully saturated rings. The zero-order valence-electron chi connectivity index (χ0n) is 10.00. The Labute approximate surface area is 105 Å². The number of aromatic nitrogens is 2. The van der Waals surface area contributed by atoms with Gasteiger partial charge in [0.2, 0.25) is 0 Å². The average molecular weight is 239 g/mol. The van der Waals surface area contributed by atoms with Crippen molar-refractivity contribution >= 4 is 16.6 Å². The highest BCUT2D eigenvalue weighted by atomic mass is 16.5. The number of rotatable bonds is 2. The summed E-state index contributed by atoms with van der Waals surface area (Å²) in [5.41, 5.74) is 8.52. The van der Waals surface area contributed by atoms with Crippen LogP contribution in [0, 0.1) is 0 Å². The molecule has 2 aromatic carbocycles. The quantitative estimate of drug-likeness (QED) is 0.699. The number of hydrogen-bond donors (Lipinski definition) is 1. The predicted molar refractivity (Wildman–Crippen MR) is 72.0 cm³/mol. The first-order valence-corrected chi connectivity index (χ1v) is 5.67. The highest BCUT2D eigenvalue weighted by Gasteiger charge is 2.10. The van der Waals surface area contributed by atoms with Gasteiger partial charge in [-0.15, -0.1) is 0 Å². The van der Waals surface area contributed by atoms with Gasteiger partial charge in [-0.1, -0.05) is 24.3 Å². The van der Waals surface area contributed by atoms with Crippen molar-refractivity contribution < 1.29 is 4.74 Å². The number of nitrogens with zero attached hydrogens (tertiary/aromatic N) is 2. The molecule has 18 heavy (non-hydrogen) atoms. The molecule has 3 aromatic rings. The van der Waals surface area contributed by atoms with Crippen LogP contribution in [-0.2, 0) is 0 Å². The molecule has 0 spiro atoms. The fraction of sp³-hybridized carbons (Fsp3) is 0.0714. The average Bonchev–Trinajstić information content (AvgIpc) is 2.84. The summed E-state index contributed by atoms with van der Waals surface area (Å²) in [5.74, 6) is 0.769. The molecule has 0 bridgehead atoms. The van der Waals surface area contributed by atoms with Gasteiger partial charge in [0, 0.05) is 5.39 Å². The normalized spacial score (nSPS) is 10.7. The maximum absolute atomic E-state index is 6.03. The molecule has 0 saturated carbocycles. The number of para-hydroxylation sites is 3. The summed E-state index contributed by atoms with van der Waals surface area (Å²) in [6.45, 7) is 0. The van der Waals surface area contributed by atoms with Crippen molar-refractivity contribution in [2.24, 2.45) is 0 Å². The number of fused-ring (bicyclic) bond motifs is 1. The van der Waals surface area contributed by atoms with E-state index >= 15 is 0 Å². The summed E-state index contributed by atoms with van der Waals surface area (Å²) in [5, 5.41) is 5.41. The van der Waals surface area contributed by atoms with Gasteiger partial charge in [0.15, 0.2) is 0 Å².